The second-order valence-electron chi connectivity index (χ2n) is 8.22. The number of likely N-dealkylation sites (tertiary alicyclic amines) is 1. The zero-order chi connectivity index (χ0) is 20.2. The van der Waals surface area contributed by atoms with E-state index in [9.17, 15) is 4.79 Å². The van der Waals surface area contributed by atoms with Gasteiger partial charge < -0.3 is 9.88 Å². The number of H-pyrrole nitrogens is 1. The first-order valence-electron chi connectivity index (χ1n) is 10.4. The van der Waals surface area contributed by atoms with Crippen molar-refractivity contribution in [2.45, 2.75) is 45.6 Å². The molecule has 152 valence electrons. The highest BCUT2D eigenvalue weighted by atomic mass is 16.2. The average Bonchev–Trinajstić information content (AvgIpc) is 3.36. The number of hydrogen-bond acceptors (Lipinski definition) is 5. The maximum Gasteiger partial charge on any atom is 0.274 e. The van der Waals surface area contributed by atoms with E-state index in [0.29, 0.717) is 18.8 Å². The molecule has 0 bridgehead atoms. The molecular weight excluding hydrogens is 366 g/mol. The third-order valence-corrected chi connectivity index (χ3v) is 6.61. The van der Waals surface area contributed by atoms with Gasteiger partial charge in [0.1, 0.15) is 0 Å². The van der Waals surface area contributed by atoms with Gasteiger partial charge in [0.25, 0.3) is 5.91 Å². The second-order valence-corrected chi connectivity index (χ2v) is 8.22. The van der Waals surface area contributed by atoms with Gasteiger partial charge >= 0.3 is 0 Å². The normalized spacial score (nSPS) is 19.1. The fourth-order valence-corrected chi connectivity index (χ4v) is 5.17. The smallest absolute Gasteiger partial charge is 0.274 e. The van der Waals surface area contributed by atoms with Crippen molar-refractivity contribution in [3.63, 3.8) is 0 Å². The van der Waals surface area contributed by atoms with E-state index in [1.54, 1.807) is 10.6 Å². The summed E-state index contributed by atoms with van der Waals surface area (Å²) >= 11 is 0. The third-order valence-electron chi connectivity index (χ3n) is 6.61. The first kappa shape index (κ1) is 18.3. The number of amides is 1. The van der Waals surface area contributed by atoms with Crippen molar-refractivity contribution in [1.29, 1.82) is 0 Å². The molecule has 5 heterocycles. The molecule has 0 unspecified atom stereocenters. The van der Waals surface area contributed by atoms with E-state index < -0.39 is 0 Å². The molecule has 1 saturated heterocycles. The van der Waals surface area contributed by atoms with Gasteiger partial charge in [-0.25, -0.2) is 14.5 Å². The topological polar surface area (TPSA) is 82.4 Å². The van der Waals surface area contributed by atoms with Gasteiger partial charge in [0.15, 0.2) is 11.3 Å². The molecule has 2 aliphatic rings. The van der Waals surface area contributed by atoms with E-state index >= 15 is 0 Å². The van der Waals surface area contributed by atoms with Crippen LogP contribution in [0.15, 0.2) is 18.5 Å². The Morgan fingerprint density at radius 1 is 1.21 bits per heavy atom. The summed E-state index contributed by atoms with van der Waals surface area (Å²) in [7, 11) is 0. The van der Waals surface area contributed by atoms with E-state index in [4.69, 9.17) is 0 Å². The second kappa shape index (κ2) is 6.66. The number of piperidine rings is 1. The number of carbonyl (C=O) groups is 1. The van der Waals surface area contributed by atoms with Crippen molar-refractivity contribution in [2.24, 2.45) is 0 Å². The molecule has 0 aliphatic carbocycles. The Labute approximate surface area is 169 Å². The van der Waals surface area contributed by atoms with Crippen molar-refractivity contribution < 1.29 is 4.79 Å². The summed E-state index contributed by atoms with van der Waals surface area (Å²) in [6.45, 7) is 9.61. The van der Waals surface area contributed by atoms with Crippen LogP contribution >= 0.6 is 0 Å². The average molecular weight is 393 g/mol. The van der Waals surface area contributed by atoms with E-state index in [1.807, 2.05) is 31.1 Å². The molecule has 0 radical (unpaired) electrons. The SMILES string of the molecule is CCN1CCc2[nH]cnc2C12CCN(C(=O)c1cc3nc(C)cc(C)n3n1)CC2. The number of carbonyl (C=O) groups excluding carboxylic acids is 1. The third kappa shape index (κ3) is 2.77. The number of likely N-dealkylation sites (N-methyl/N-ethyl adjacent to an activating group) is 1. The Balaban J connectivity index is 1.40. The van der Waals surface area contributed by atoms with Gasteiger partial charge in [-0.3, -0.25) is 9.69 Å². The highest BCUT2D eigenvalue weighted by molar-refractivity contribution is 5.93. The van der Waals surface area contributed by atoms with Crippen LogP contribution in [0.1, 0.15) is 53.0 Å². The van der Waals surface area contributed by atoms with Gasteiger partial charge in [0.2, 0.25) is 0 Å². The lowest BCUT2D eigenvalue weighted by atomic mass is 9.78. The van der Waals surface area contributed by atoms with E-state index in [-0.39, 0.29) is 11.4 Å². The molecule has 0 aromatic carbocycles. The molecule has 0 atom stereocenters. The maximum atomic E-state index is 13.2. The molecule has 3 aromatic heterocycles. The number of hydrogen-bond donors (Lipinski definition) is 1. The summed E-state index contributed by atoms with van der Waals surface area (Å²) in [5, 5.41) is 4.53. The Morgan fingerprint density at radius 3 is 2.76 bits per heavy atom. The summed E-state index contributed by atoms with van der Waals surface area (Å²) < 4.78 is 1.75. The van der Waals surface area contributed by atoms with Crippen molar-refractivity contribution in [3.8, 4) is 0 Å². The van der Waals surface area contributed by atoms with Crippen molar-refractivity contribution in [2.75, 3.05) is 26.2 Å². The lowest BCUT2D eigenvalue weighted by Crippen LogP contribution is -2.57. The Morgan fingerprint density at radius 2 is 2.00 bits per heavy atom. The maximum absolute atomic E-state index is 13.2. The minimum atomic E-state index is -0.0622. The summed E-state index contributed by atoms with van der Waals surface area (Å²) in [6, 6.07) is 3.78. The molecule has 8 heteroatoms. The number of nitrogens with one attached hydrogen (secondary N) is 1. The lowest BCUT2D eigenvalue weighted by molar-refractivity contribution is 0.0100. The van der Waals surface area contributed by atoms with Gasteiger partial charge in [0, 0.05) is 49.2 Å². The molecule has 29 heavy (non-hydrogen) atoms. The Bertz CT molecular complexity index is 1070. The van der Waals surface area contributed by atoms with Crippen LogP contribution in [0.25, 0.3) is 5.65 Å². The van der Waals surface area contributed by atoms with Gasteiger partial charge in [0.05, 0.1) is 17.6 Å². The summed E-state index contributed by atoms with van der Waals surface area (Å²) in [6.07, 6.45) is 4.63. The minimum Gasteiger partial charge on any atom is -0.348 e. The molecule has 1 fully saturated rings. The molecule has 5 rings (SSSR count). The zero-order valence-electron chi connectivity index (χ0n) is 17.3. The number of rotatable bonds is 2. The van der Waals surface area contributed by atoms with Gasteiger partial charge in [-0.2, -0.15) is 5.10 Å². The molecule has 1 amide bonds. The highest BCUT2D eigenvalue weighted by Gasteiger charge is 2.46. The summed E-state index contributed by atoms with van der Waals surface area (Å²) in [5.41, 5.74) is 5.49. The van der Waals surface area contributed by atoms with Gasteiger partial charge in [-0.1, -0.05) is 6.92 Å². The first-order valence-corrected chi connectivity index (χ1v) is 10.4. The zero-order valence-corrected chi connectivity index (χ0v) is 17.3. The Hall–Kier alpha value is -2.74. The lowest BCUT2D eigenvalue weighted by Gasteiger charge is -2.50. The first-order chi connectivity index (χ1) is 14.0. The van der Waals surface area contributed by atoms with Crippen molar-refractivity contribution in [1.82, 2.24) is 34.4 Å². The predicted octanol–water partition coefficient (Wildman–Crippen LogP) is 2.08. The van der Waals surface area contributed by atoms with Crippen LogP contribution in [0.2, 0.25) is 0 Å². The fraction of sp³-hybridized carbons (Fsp3) is 0.524. The quantitative estimate of drug-likeness (QED) is 0.721. The number of aromatic nitrogens is 5. The van der Waals surface area contributed by atoms with Crippen molar-refractivity contribution >= 4 is 11.6 Å². The largest absolute Gasteiger partial charge is 0.348 e. The van der Waals surface area contributed by atoms with Gasteiger partial charge in [-0.05, 0) is 39.3 Å². The van der Waals surface area contributed by atoms with E-state index in [1.165, 1.54) is 11.4 Å². The molecule has 2 aliphatic heterocycles. The number of imidazole rings is 1. The van der Waals surface area contributed by atoms with E-state index in [2.05, 4.69) is 31.9 Å². The fourth-order valence-electron chi connectivity index (χ4n) is 5.17. The van der Waals surface area contributed by atoms with Crippen LogP contribution in [0.4, 0.5) is 0 Å². The number of fused-ring (bicyclic) bond motifs is 3. The molecule has 1 spiro atoms. The summed E-state index contributed by atoms with van der Waals surface area (Å²) in [5.74, 6) is -0.0106. The van der Waals surface area contributed by atoms with Crippen LogP contribution in [0.5, 0.6) is 0 Å². The number of nitrogens with zero attached hydrogens (tertiary/aromatic N) is 6. The van der Waals surface area contributed by atoms with Crippen LogP contribution in [-0.4, -0.2) is 66.5 Å². The van der Waals surface area contributed by atoms with Crippen LogP contribution in [0, 0.1) is 13.8 Å². The van der Waals surface area contributed by atoms with E-state index in [0.717, 1.165) is 49.4 Å². The molecule has 1 N–H and O–H groups in total. The highest BCUT2D eigenvalue weighted by Crippen LogP contribution is 2.42. The minimum absolute atomic E-state index is 0.0106. The molecule has 3 aromatic rings. The monoisotopic (exact) mass is 393 g/mol. The molecule has 0 saturated carbocycles. The molecular formula is C21H27N7O. The standard InChI is InChI=1S/C21H27N7O/c1-4-27-8-5-16-19(23-13-22-16)21(27)6-9-26(10-7-21)20(29)17-12-18-24-14(2)11-15(3)28(18)25-17/h11-13H,4-10H2,1-3H3,(H,22,23). The van der Waals surface area contributed by atoms with Crippen LogP contribution in [-0.2, 0) is 12.0 Å². The van der Waals surface area contributed by atoms with Crippen LogP contribution in [0.3, 0.4) is 0 Å². The predicted molar refractivity (Wildman–Crippen MR) is 109 cm³/mol. The number of aromatic amines is 1. The molecule has 8 nitrogen and oxygen atoms in total. The Kier molecular flexibility index (Phi) is 4.20. The number of aryl methyl sites for hydroxylation is 2. The van der Waals surface area contributed by atoms with Crippen LogP contribution < -0.4 is 0 Å². The van der Waals surface area contributed by atoms with Gasteiger partial charge in [-0.15, -0.1) is 0 Å². The van der Waals surface area contributed by atoms with Crippen molar-refractivity contribution in [3.05, 3.63) is 46.9 Å². The summed E-state index contributed by atoms with van der Waals surface area (Å²) in [4.78, 5) is 30.2.